The third-order valence-electron chi connectivity index (χ3n) is 6.58. The van der Waals surface area contributed by atoms with E-state index in [9.17, 15) is 30.8 Å². The molecule has 0 radical (unpaired) electrons. The van der Waals surface area contributed by atoms with Crippen LogP contribution in [0.2, 0.25) is 0 Å². The van der Waals surface area contributed by atoms with Gasteiger partial charge in [-0.05, 0) is 30.5 Å². The molecule has 13 heteroatoms. The van der Waals surface area contributed by atoms with Crippen molar-refractivity contribution >= 4 is 15.9 Å². The lowest BCUT2D eigenvalue weighted by molar-refractivity contribution is -0.127. The second-order valence-corrected chi connectivity index (χ2v) is 11.5. The standard InChI is InChI=1S/C23H28F4N4O4S/c1-2-35-21-11-20(28-29-21)18-9-17(15-3-4-16(19(24)10-15)12-23(25,26)27)13-31(14-18)22(32)30-5-7-36(33,34)8-6-30/h3-4,10-11,17-18H,2,5-9,12-14H2,1H3,(H,28,29). The van der Waals surface area contributed by atoms with Crippen molar-refractivity contribution in [1.82, 2.24) is 20.0 Å². The topological polar surface area (TPSA) is 95.6 Å². The van der Waals surface area contributed by atoms with Crippen molar-refractivity contribution in [2.24, 2.45) is 0 Å². The molecule has 2 amide bonds. The fraction of sp³-hybridized carbons (Fsp3) is 0.565. The molecule has 0 spiro atoms. The van der Waals surface area contributed by atoms with Crippen LogP contribution >= 0.6 is 0 Å². The van der Waals surface area contributed by atoms with Gasteiger partial charge in [-0.1, -0.05) is 12.1 Å². The van der Waals surface area contributed by atoms with Crippen LogP contribution in [0.15, 0.2) is 24.3 Å². The van der Waals surface area contributed by atoms with E-state index in [-0.39, 0.29) is 49.0 Å². The van der Waals surface area contributed by atoms with Gasteiger partial charge in [-0.15, -0.1) is 5.10 Å². The molecule has 36 heavy (non-hydrogen) atoms. The molecule has 1 aromatic carbocycles. The average Bonchev–Trinajstić information content (AvgIpc) is 3.28. The normalized spacial score (nSPS) is 22.5. The summed E-state index contributed by atoms with van der Waals surface area (Å²) < 4.78 is 81.9. The van der Waals surface area contributed by atoms with Gasteiger partial charge in [0.1, 0.15) is 5.82 Å². The minimum absolute atomic E-state index is 0.0896. The molecule has 2 atom stereocenters. The van der Waals surface area contributed by atoms with E-state index in [0.717, 1.165) is 17.8 Å². The predicted molar refractivity (Wildman–Crippen MR) is 123 cm³/mol. The second kappa shape index (κ2) is 10.3. The van der Waals surface area contributed by atoms with Gasteiger partial charge in [0.2, 0.25) is 5.88 Å². The smallest absolute Gasteiger partial charge is 0.393 e. The molecule has 2 unspecified atom stereocenters. The number of piperidine rings is 1. The van der Waals surface area contributed by atoms with Crippen LogP contribution in [-0.2, 0) is 16.3 Å². The minimum atomic E-state index is -4.53. The number of benzene rings is 1. The van der Waals surface area contributed by atoms with Gasteiger partial charge in [0.05, 0.1) is 24.5 Å². The van der Waals surface area contributed by atoms with E-state index < -0.39 is 33.8 Å². The first kappa shape index (κ1) is 26.2. The van der Waals surface area contributed by atoms with Gasteiger partial charge in [-0.3, -0.25) is 5.10 Å². The zero-order valence-corrected chi connectivity index (χ0v) is 20.5. The molecular formula is C23H28F4N4O4S. The number of carbonyl (C=O) groups is 1. The molecule has 2 aliphatic rings. The van der Waals surface area contributed by atoms with Gasteiger partial charge < -0.3 is 14.5 Å². The van der Waals surface area contributed by atoms with Gasteiger partial charge in [-0.25, -0.2) is 17.6 Å². The summed E-state index contributed by atoms with van der Waals surface area (Å²) in [6.45, 7) is 2.97. The van der Waals surface area contributed by atoms with Crippen LogP contribution in [0, 0.1) is 5.82 Å². The molecule has 3 heterocycles. The quantitative estimate of drug-likeness (QED) is 0.595. The molecule has 2 fully saturated rings. The number of nitrogens with zero attached hydrogens (tertiary/aromatic N) is 3. The monoisotopic (exact) mass is 532 g/mol. The molecule has 2 saturated heterocycles. The molecule has 1 aromatic heterocycles. The number of nitrogens with one attached hydrogen (secondary N) is 1. The highest BCUT2D eigenvalue weighted by Crippen LogP contribution is 2.37. The molecule has 4 rings (SSSR count). The number of halogens is 4. The van der Waals surface area contributed by atoms with Gasteiger partial charge >= 0.3 is 12.2 Å². The fourth-order valence-corrected chi connectivity index (χ4v) is 5.95. The lowest BCUT2D eigenvalue weighted by Crippen LogP contribution is -2.53. The predicted octanol–water partition coefficient (Wildman–Crippen LogP) is 3.48. The first-order valence-corrected chi connectivity index (χ1v) is 13.5. The van der Waals surface area contributed by atoms with Gasteiger partial charge in [0, 0.05) is 49.8 Å². The lowest BCUT2D eigenvalue weighted by Gasteiger charge is -2.41. The van der Waals surface area contributed by atoms with Crippen molar-refractivity contribution in [3.05, 3.63) is 46.9 Å². The number of sulfone groups is 1. The van der Waals surface area contributed by atoms with Gasteiger partial charge in [0.15, 0.2) is 9.84 Å². The van der Waals surface area contributed by atoms with Crippen LogP contribution in [0.3, 0.4) is 0 Å². The van der Waals surface area contributed by atoms with E-state index in [0.29, 0.717) is 31.0 Å². The van der Waals surface area contributed by atoms with E-state index >= 15 is 0 Å². The zero-order chi connectivity index (χ0) is 26.1. The number of hydrogen-bond acceptors (Lipinski definition) is 5. The number of urea groups is 1. The summed E-state index contributed by atoms with van der Waals surface area (Å²) in [7, 11) is -3.17. The Hall–Kier alpha value is -2.83. The maximum atomic E-state index is 14.6. The highest BCUT2D eigenvalue weighted by molar-refractivity contribution is 7.91. The Bertz CT molecular complexity index is 1190. The Balaban J connectivity index is 1.58. The van der Waals surface area contributed by atoms with Crippen molar-refractivity contribution in [2.75, 3.05) is 44.3 Å². The number of carbonyl (C=O) groups excluding carboxylic acids is 1. The third-order valence-corrected chi connectivity index (χ3v) is 8.19. The molecule has 198 valence electrons. The number of likely N-dealkylation sites (tertiary alicyclic amines) is 1. The van der Waals surface area contributed by atoms with E-state index in [1.54, 1.807) is 11.0 Å². The molecule has 0 aliphatic carbocycles. The number of amides is 2. The van der Waals surface area contributed by atoms with Crippen LogP contribution in [-0.4, -0.2) is 84.9 Å². The van der Waals surface area contributed by atoms with Crippen molar-refractivity contribution < 1.29 is 35.5 Å². The summed E-state index contributed by atoms with van der Waals surface area (Å²) in [6.07, 6.45) is -5.38. The van der Waals surface area contributed by atoms with Crippen molar-refractivity contribution in [1.29, 1.82) is 0 Å². The summed E-state index contributed by atoms with van der Waals surface area (Å²) >= 11 is 0. The molecule has 1 N–H and O–H groups in total. The van der Waals surface area contributed by atoms with Crippen molar-refractivity contribution in [3.63, 3.8) is 0 Å². The Morgan fingerprint density at radius 3 is 2.47 bits per heavy atom. The number of ether oxygens (including phenoxy) is 1. The van der Waals surface area contributed by atoms with E-state index in [1.165, 1.54) is 11.0 Å². The number of hydrogen-bond donors (Lipinski definition) is 1. The maximum absolute atomic E-state index is 14.6. The van der Waals surface area contributed by atoms with E-state index in [1.807, 2.05) is 6.92 Å². The molecule has 0 bridgehead atoms. The largest absolute Gasteiger partial charge is 0.477 e. The third kappa shape index (κ3) is 6.29. The second-order valence-electron chi connectivity index (χ2n) is 9.19. The van der Waals surface area contributed by atoms with E-state index in [4.69, 9.17) is 4.74 Å². The summed E-state index contributed by atoms with van der Waals surface area (Å²) in [5.41, 5.74) is 0.777. The van der Waals surface area contributed by atoms with Gasteiger partial charge in [-0.2, -0.15) is 13.2 Å². The number of rotatable bonds is 5. The van der Waals surface area contributed by atoms with Crippen LogP contribution in [0.1, 0.15) is 42.0 Å². The first-order chi connectivity index (χ1) is 16.9. The average molecular weight is 533 g/mol. The molecule has 2 aliphatic heterocycles. The Morgan fingerprint density at radius 1 is 1.14 bits per heavy atom. The zero-order valence-electron chi connectivity index (χ0n) is 19.7. The first-order valence-electron chi connectivity index (χ1n) is 11.7. The molecule has 8 nitrogen and oxygen atoms in total. The van der Waals surface area contributed by atoms with Crippen molar-refractivity contribution in [2.45, 2.75) is 37.8 Å². The van der Waals surface area contributed by atoms with Crippen molar-refractivity contribution in [3.8, 4) is 5.88 Å². The van der Waals surface area contributed by atoms with Crippen LogP contribution in [0.5, 0.6) is 5.88 Å². The summed E-state index contributed by atoms with van der Waals surface area (Å²) in [5, 5.41) is 7.04. The Kier molecular flexibility index (Phi) is 7.48. The van der Waals surface area contributed by atoms with Crippen LogP contribution in [0.4, 0.5) is 22.4 Å². The highest BCUT2D eigenvalue weighted by atomic mass is 32.2. The number of aromatic amines is 1. The Labute approximate surface area is 206 Å². The molecular weight excluding hydrogens is 504 g/mol. The summed E-state index contributed by atoms with van der Waals surface area (Å²) in [6, 6.07) is 5.15. The fourth-order valence-electron chi connectivity index (χ4n) is 4.75. The lowest BCUT2D eigenvalue weighted by atomic mass is 9.82. The SMILES string of the molecule is CCOc1cc(C2CC(c3ccc(CC(F)(F)F)c(F)c3)CN(C(=O)N3CCS(=O)(=O)CC3)C2)[nH]n1. The maximum Gasteiger partial charge on any atom is 0.393 e. The minimum Gasteiger partial charge on any atom is -0.477 e. The summed E-state index contributed by atoms with van der Waals surface area (Å²) in [4.78, 5) is 16.4. The Morgan fingerprint density at radius 2 is 1.83 bits per heavy atom. The molecule has 0 saturated carbocycles. The number of H-pyrrole nitrogens is 1. The van der Waals surface area contributed by atoms with Gasteiger partial charge in [0.25, 0.3) is 0 Å². The van der Waals surface area contributed by atoms with E-state index in [2.05, 4.69) is 10.2 Å². The molecule has 2 aromatic rings. The van der Waals surface area contributed by atoms with Crippen LogP contribution in [0.25, 0.3) is 0 Å². The van der Waals surface area contributed by atoms with Crippen LogP contribution < -0.4 is 4.74 Å². The number of aromatic nitrogens is 2. The highest BCUT2D eigenvalue weighted by Gasteiger charge is 2.37. The number of alkyl halides is 3. The summed E-state index contributed by atoms with van der Waals surface area (Å²) in [5.74, 6) is -1.33.